The number of nitro benzene ring substituents is 1. The molecule has 0 saturated carbocycles. The van der Waals surface area contributed by atoms with Crippen LogP contribution < -0.4 is 5.73 Å². The number of carbonyl (C=O) groups excluding carboxylic acids is 1. The van der Waals surface area contributed by atoms with Crippen LogP contribution in [0.4, 0.5) is 5.69 Å². The lowest BCUT2D eigenvalue weighted by Gasteiger charge is -1.99. The maximum atomic E-state index is 10.7. The van der Waals surface area contributed by atoms with E-state index < -0.39 is 10.9 Å². The topological polar surface area (TPSA) is 108 Å². The molecule has 0 aliphatic rings. The number of rotatable bonds is 4. The van der Waals surface area contributed by atoms with Crippen LogP contribution in [0.5, 0.6) is 0 Å². The molecule has 0 saturated heterocycles. The van der Waals surface area contributed by atoms with Crippen LogP contribution in [0.2, 0.25) is 0 Å². The van der Waals surface area contributed by atoms with E-state index in [1.807, 2.05) is 0 Å². The van der Waals surface area contributed by atoms with Crippen LogP contribution in [0.3, 0.4) is 0 Å². The van der Waals surface area contributed by atoms with Gasteiger partial charge in [-0.05, 0) is 12.1 Å². The van der Waals surface area contributed by atoms with Crippen molar-refractivity contribution < 1.29 is 14.6 Å². The van der Waals surface area contributed by atoms with Gasteiger partial charge in [-0.3, -0.25) is 10.1 Å². The van der Waals surface area contributed by atoms with E-state index in [-0.39, 0.29) is 17.4 Å². The van der Waals surface area contributed by atoms with Crippen molar-refractivity contribution in [1.29, 1.82) is 0 Å². The number of alkyl halides is 1. The van der Waals surface area contributed by atoms with Gasteiger partial charge in [0.05, 0.1) is 4.92 Å². The molecule has 0 radical (unpaired) electrons. The zero-order valence-corrected chi connectivity index (χ0v) is 9.26. The van der Waals surface area contributed by atoms with E-state index in [0.29, 0.717) is 5.56 Å². The number of nitrogens with two attached hydrogens (primary N) is 1. The monoisotopic (exact) mass is 257 g/mol. The second-order valence-electron chi connectivity index (χ2n) is 2.88. The summed E-state index contributed by atoms with van der Waals surface area (Å²) in [6.07, 6.45) is 0. The molecular formula is C9H8ClN3O4. The number of benzene rings is 1. The first-order valence-electron chi connectivity index (χ1n) is 4.38. The van der Waals surface area contributed by atoms with Gasteiger partial charge in [-0.1, -0.05) is 5.16 Å². The van der Waals surface area contributed by atoms with Crippen LogP contribution in [0, 0.1) is 10.1 Å². The fourth-order valence-corrected chi connectivity index (χ4v) is 0.980. The maximum absolute atomic E-state index is 10.7. The molecule has 0 bridgehead atoms. The molecular weight excluding hydrogens is 250 g/mol. The van der Waals surface area contributed by atoms with Crippen LogP contribution in [0.15, 0.2) is 29.4 Å². The molecule has 2 N–H and O–H groups in total. The highest BCUT2D eigenvalue weighted by molar-refractivity contribution is 6.26. The molecule has 0 aromatic heterocycles. The Kier molecular flexibility index (Phi) is 4.41. The van der Waals surface area contributed by atoms with Gasteiger partial charge in [0, 0.05) is 17.7 Å². The SMILES string of the molecule is N/C(=N\OC(=O)CCl)c1ccc([N+](=O)[O-])cc1. The third-order valence-corrected chi connectivity index (χ3v) is 1.95. The predicted molar refractivity (Wildman–Crippen MR) is 60.6 cm³/mol. The van der Waals surface area contributed by atoms with Crippen molar-refractivity contribution in [2.75, 3.05) is 5.88 Å². The first-order valence-corrected chi connectivity index (χ1v) is 4.92. The molecule has 0 heterocycles. The molecule has 0 atom stereocenters. The number of hydrogen-bond acceptors (Lipinski definition) is 5. The van der Waals surface area contributed by atoms with Gasteiger partial charge in [0.25, 0.3) is 5.69 Å². The molecule has 0 aliphatic carbocycles. The van der Waals surface area contributed by atoms with E-state index in [9.17, 15) is 14.9 Å². The highest BCUT2D eigenvalue weighted by Crippen LogP contribution is 2.11. The minimum atomic E-state index is -0.739. The Morgan fingerprint density at radius 3 is 2.53 bits per heavy atom. The largest absolute Gasteiger partial charge is 0.380 e. The van der Waals surface area contributed by atoms with Crippen molar-refractivity contribution in [2.24, 2.45) is 10.9 Å². The molecule has 0 spiro atoms. The fraction of sp³-hybridized carbons (Fsp3) is 0.111. The summed E-state index contributed by atoms with van der Waals surface area (Å²) in [6, 6.07) is 5.32. The highest BCUT2D eigenvalue weighted by Gasteiger charge is 2.07. The van der Waals surface area contributed by atoms with Gasteiger partial charge >= 0.3 is 5.97 Å². The van der Waals surface area contributed by atoms with Crippen molar-refractivity contribution >= 4 is 29.1 Å². The van der Waals surface area contributed by atoms with Gasteiger partial charge in [-0.15, -0.1) is 11.6 Å². The number of carbonyl (C=O) groups is 1. The van der Waals surface area contributed by atoms with Crippen molar-refractivity contribution in [1.82, 2.24) is 0 Å². The average Bonchev–Trinajstić information content (AvgIpc) is 2.35. The second-order valence-corrected chi connectivity index (χ2v) is 3.14. The molecule has 8 heteroatoms. The Balaban J connectivity index is 2.79. The van der Waals surface area contributed by atoms with Crippen molar-refractivity contribution in [3.05, 3.63) is 39.9 Å². The summed E-state index contributed by atoms with van der Waals surface area (Å²) in [5, 5.41) is 13.7. The third-order valence-electron chi connectivity index (χ3n) is 1.73. The van der Waals surface area contributed by atoms with E-state index in [1.54, 1.807) is 0 Å². The summed E-state index contributed by atoms with van der Waals surface area (Å²) in [5.41, 5.74) is 5.81. The molecule has 7 nitrogen and oxygen atoms in total. The Morgan fingerprint density at radius 2 is 2.06 bits per heavy atom. The van der Waals surface area contributed by atoms with Gasteiger partial charge in [0.15, 0.2) is 5.84 Å². The summed E-state index contributed by atoms with van der Waals surface area (Å²) in [7, 11) is 0. The van der Waals surface area contributed by atoms with E-state index in [1.165, 1.54) is 24.3 Å². The molecule has 90 valence electrons. The Hall–Kier alpha value is -2.15. The molecule has 0 fully saturated rings. The minimum Gasteiger partial charge on any atom is -0.380 e. The molecule has 0 unspecified atom stereocenters. The molecule has 0 amide bonds. The first-order chi connectivity index (χ1) is 8.04. The third kappa shape index (κ3) is 3.72. The van der Waals surface area contributed by atoms with Gasteiger partial charge < -0.3 is 10.6 Å². The molecule has 17 heavy (non-hydrogen) atoms. The molecule has 1 rings (SSSR count). The highest BCUT2D eigenvalue weighted by atomic mass is 35.5. The van der Waals surface area contributed by atoms with E-state index in [4.69, 9.17) is 17.3 Å². The zero-order valence-electron chi connectivity index (χ0n) is 8.50. The van der Waals surface area contributed by atoms with Gasteiger partial charge in [-0.25, -0.2) is 4.79 Å². The number of halogens is 1. The van der Waals surface area contributed by atoms with E-state index in [0.717, 1.165) is 0 Å². The minimum absolute atomic E-state index is 0.0701. The van der Waals surface area contributed by atoms with Crippen LogP contribution in [-0.4, -0.2) is 22.6 Å². The summed E-state index contributed by atoms with van der Waals surface area (Å²) in [4.78, 5) is 24.9. The van der Waals surface area contributed by atoms with Crippen molar-refractivity contribution in [3.63, 3.8) is 0 Å². The summed E-state index contributed by atoms with van der Waals surface area (Å²) in [6.45, 7) is 0. The summed E-state index contributed by atoms with van der Waals surface area (Å²) < 4.78 is 0. The van der Waals surface area contributed by atoms with Crippen molar-refractivity contribution in [2.45, 2.75) is 0 Å². The number of nitrogens with zero attached hydrogens (tertiary/aromatic N) is 2. The maximum Gasteiger partial charge on any atom is 0.349 e. The predicted octanol–water partition coefficient (Wildman–Crippen LogP) is 0.997. The Bertz CT molecular complexity index is 458. The van der Waals surface area contributed by atoms with Crippen LogP contribution in [0.1, 0.15) is 5.56 Å². The molecule has 1 aromatic carbocycles. The van der Waals surface area contributed by atoms with Crippen molar-refractivity contribution in [3.8, 4) is 0 Å². The van der Waals surface area contributed by atoms with Crippen LogP contribution >= 0.6 is 11.6 Å². The van der Waals surface area contributed by atoms with Gasteiger partial charge in [0.1, 0.15) is 5.88 Å². The van der Waals surface area contributed by atoms with Crippen LogP contribution in [0.25, 0.3) is 0 Å². The standard InChI is InChI=1S/C9H8ClN3O4/c10-5-8(14)17-12-9(11)6-1-3-7(4-2-6)13(15)16/h1-4H,5H2,(H2,11,12). The number of nitro groups is 1. The smallest absolute Gasteiger partial charge is 0.349 e. The number of hydrogen-bond donors (Lipinski definition) is 1. The summed E-state index contributed by atoms with van der Waals surface area (Å²) in [5.74, 6) is -1.15. The number of amidine groups is 1. The lowest BCUT2D eigenvalue weighted by Crippen LogP contribution is -2.15. The zero-order chi connectivity index (χ0) is 12.8. The van der Waals surface area contributed by atoms with E-state index >= 15 is 0 Å². The Morgan fingerprint density at radius 1 is 1.47 bits per heavy atom. The lowest BCUT2D eigenvalue weighted by molar-refractivity contribution is -0.384. The first kappa shape index (κ1) is 12.9. The summed E-state index contributed by atoms with van der Waals surface area (Å²) >= 11 is 5.18. The molecule has 0 aliphatic heterocycles. The second kappa shape index (κ2) is 5.80. The Labute approximate surface area is 101 Å². The van der Waals surface area contributed by atoms with E-state index in [2.05, 4.69) is 9.99 Å². The quantitative estimate of drug-likeness (QED) is 0.216. The fourth-order valence-electron chi connectivity index (χ4n) is 0.931. The van der Waals surface area contributed by atoms with Gasteiger partial charge in [0.2, 0.25) is 0 Å². The average molecular weight is 258 g/mol. The molecule has 1 aromatic rings. The number of non-ortho nitro benzene ring substituents is 1. The van der Waals surface area contributed by atoms with Crippen LogP contribution in [-0.2, 0) is 9.63 Å². The van der Waals surface area contributed by atoms with Gasteiger partial charge in [-0.2, -0.15) is 0 Å². The number of oxime groups is 1. The normalized spacial score (nSPS) is 11.0. The lowest BCUT2D eigenvalue weighted by atomic mass is 10.2.